The predicted octanol–water partition coefficient (Wildman–Crippen LogP) is 2.75. The van der Waals surface area contributed by atoms with Gasteiger partial charge in [-0.3, -0.25) is 5.92 Å². The smallest absolute Gasteiger partial charge is 0.0374 e. The fraction of sp³-hybridized carbons (Fsp3) is 0.273. The van der Waals surface area contributed by atoms with Crippen LogP contribution in [0, 0.1) is 12.3 Å². The molecule has 0 aliphatic rings. The van der Waals surface area contributed by atoms with E-state index in [1.165, 1.54) is 5.56 Å². The zero-order valence-corrected chi connectivity index (χ0v) is 6.89. The zero-order chi connectivity index (χ0) is 8.27. The number of rotatable bonds is 1. The second kappa shape index (κ2) is 3.25. The Labute approximate surface area is 68.3 Å². The molecule has 1 aromatic rings. The van der Waals surface area contributed by atoms with Gasteiger partial charge in [0.15, 0.2) is 0 Å². The molecule has 0 saturated carbocycles. The van der Waals surface area contributed by atoms with E-state index >= 15 is 0 Å². The van der Waals surface area contributed by atoms with Gasteiger partial charge in [0.2, 0.25) is 0 Å². The van der Waals surface area contributed by atoms with Crippen molar-refractivity contribution in [1.82, 2.24) is 0 Å². The Balaban J connectivity index is 3.15. The molecule has 1 rings (SSSR count). The highest BCUT2D eigenvalue weighted by Crippen LogP contribution is 2.17. The first-order valence-corrected chi connectivity index (χ1v) is 3.77. The molecule has 0 amide bonds. The summed E-state index contributed by atoms with van der Waals surface area (Å²) in [5.74, 6) is 2.90. The summed E-state index contributed by atoms with van der Waals surface area (Å²) in [6, 6.07) is 7.89. The van der Waals surface area contributed by atoms with Crippen molar-refractivity contribution in [2.45, 2.75) is 19.8 Å². The third-order valence-electron chi connectivity index (χ3n) is 1.72. The van der Waals surface area contributed by atoms with Crippen molar-refractivity contribution in [3.8, 4) is 5.92 Å². The lowest BCUT2D eigenvalue weighted by atomic mass is 9.98. The molecule has 0 aliphatic carbocycles. The van der Waals surface area contributed by atoms with Crippen LogP contribution in [0.5, 0.6) is 0 Å². The quantitative estimate of drug-likeness (QED) is 0.419. The highest BCUT2D eigenvalue weighted by Gasteiger charge is 1.95. The molecule has 0 fully saturated rings. The van der Waals surface area contributed by atoms with Crippen LogP contribution in [0.1, 0.15) is 30.9 Å². The van der Waals surface area contributed by atoms with Gasteiger partial charge in [0.1, 0.15) is 0 Å². The lowest BCUT2D eigenvalue weighted by Gasteiger charge is -2.13. The summed E-state index contributed by atoms with van der Waals surface area (Å²) in [7, 11) is 0. The largest absolute Gasteiger partial charge is 0.366 e. The predicted molar refractivity (Wildman–Crippen MR) is 46.8 cm³/mol. The zero-order valence-electron chi connectivity index (χ0n) is 6.89. The number of hydrogen-bond donors (Lipinski definition) is 0. The Morgan fingerprint density at radius 3 is 2.36 bits per heavy atom. The van der Waals surface area contributed by atoms with Crippen molar-refractivity contribution in [2.24, 2.45) is 0 Å². The second-order valence-corrected chi connectivity index (χ2v) is 2.87. The van der Waals surface area contributed by atoms with E-state index in [1.54, 1.807) is 0 Å². The topological polar surface area (TPSA) is 0 Å². The van der Waals surface area contributed by atoms with Crippen molar-refractivity contribution in [3.05, 3.63) is 41.8 Å². The molecule has 0 heterocycles. The molecule has 0 radical (unpaired) electrons. The molecule has 0 spiro atoms. The van der Waals surface area contributed by atoms with Crippen molar-refractivity contribution in [1.29, 1.82) is 0 Å². The molecule has 0 atom stereocenters. The van der Waals surface area contributed by atoms with Crippen LogP contribution in [0.4, 0.5) is 0 Å². The highest BCUT2D eigenvalue weighted by atomic mass is 14.1. The SMILES string of the molecule is [C-]#Cc1ccccc1C(C)C. The second-order valence-electron chi connectivity index (χ2n) is 2.87. The molecule has 0 bridgehead atoms. The standard InChI is InChI=1S/C11H11/c1-4-10-7-5-6-8-11(10)9(2)3/h5-9H,2-3H3/q-1. The fourth-order valence-electron chi connectivity index (χ4n) is 1.11. The van der Waals surface area contributed by atoms with Crippen molar-refractivity contribution in [2.75, 3.05) is 0 Å². The number of benzene rings is 1. The van der Waals surface area contributed by atoms with E-state index in [0.717, 1.165) is 5.56 Å². The van der Waals surface area contributed by atoms with E-state index < -0.39 is 0 Å². The monoisotopic (exact) mass is 143 g/mol. The Kier molecular flexibility index (Phi) is 2.33. The average molecular weight is 143 g/mol. The van der Waals surface area contributed by atoms with Gasteiger partial charge in [-0.05, 0) is 5.92 Å². The Morgan fingerprint density at radius 2 is 1.91 bits per heavy atom. The minimum Gasteiger partial charge on any atom is -0.366 e. The van der Waals surface area contributed by atoms with Crippen LogP contribution < -0.4 is 0 Å². The average Bonchev–Trinajstić information content (AvgIpc) is 2.04. The minimum atomic E-state index is 0.476. The first-order chi connectivity index (χ1) is 5.25. The molecule has 0 saturated heterocycles. The molecule has 0 N–H and O–H groups in total. The molecule has 0 unspecified atom stereocenters. The normalized spacial score (nSPS) is 9.64. The minimum absolute atomic E-state index is 0.476. The maximum atomic E-state index is 7.03. The lowest BCUT2D eigenvalue weighted by Crippen LogP contribution is -1.90. The summed E-state index contributed by atoms with van der Waals surface area (Å²) in [5.41, 5.74) is 2.10. The van der Waals surface area contributed by atoms with E-state index in [9.17, 15) is 0 Å². The highest BCUT2D eigenvalue weighted by molar-refractivity contribution is 5.39. The maximum Gasteiger partial charge on any atom is -0.0374 e. The van der Waals surface area contributed by atoms with Gasteiger partial charge in [-0.1, -0.05) is 32.0 Å². The Hall–Kier alpha value is -1.22. The Bertz CT molecular complexity index is 276. The summed E-state index contributed by atoms with van der Waals surface area (Å²) >= 11 is 0. The van der Waals surface area contributed by atoms with E-state index in [1.807, 2.05) is 24.3 Å². The molecule has 0 aromatic heterocycles. The fourth-order valence-corrected chi connectivity index (χ4v) is 1.11. The van der Waals surface area contributed by atoms with Gasteiger partial charge >= 0.3 is 0 Å². The van der Waals surface area contributed by atoms with Gasteiger partial charge in [-0.25, -0.2) is 0 Å². The summed E-state index contributed by atoms with van der Waals surface area (Å²) in [6.07, 6.45) is 7.03. The van der Waals surface area contributed by atoms with Gasteiger partial charge < -0.3 is 6.42 Å². The molecule has 11 heavy (non-hydrogen) atoms. The van der Waals surface area contributed by atoms with E-state index in [2.05, 4.69) is 19.8 Å². The molecule has 0 nitrogen and oxygen atoms in total. The molecular weight excluding hydrogens is 132 g/mol. The third kappa shape index (κ3) is 1.62. The van der Waals surface area contributed by atoms with Gasteiger partial charge in [0, 0.05) is 0 Å². The molecular formula is C11H11-. The summed E-state index contributed by atoms with van der Waals surface area (Å²) in [4.78, 5) is 0. The van der Waals surface area contributed by atoms with E-state index in [-0.39, 0.29) is 0 Å². The summed E-state index contributed by atoms with van der Waals surface area (Å²) in [6.45, 7) is 4.24. The maximum absolute atomic E-state index is 7.03. The molecule has 56 valence electrons. The van der Waals surface area contributed by atoms with E-state index in [4.69, 9.17) is 6.42 Å². The van der Waals surface area contributed by atoms with Crippen LogP contribution in [0.15, 0.2) is 24.3 Å². The van der Waals surface area contributed by atoms with Gasteiger partial charge in [-0.15, -0.1) is 17.2 Å². The van der Waals surface area contributed by atoms with E-state index in [0.29, 0.717) is 5.92 Å². The summed E-state index contributed by atoms with van der Waals surface area (Å²) < 4.78 is 0. The van der Waals surface area contributed by atoms with Crippen molar-refractivity contribution in [3.63, 3.8) is 0 Å². The van der Waals surface area contributed by atoms with Crippen LogP contribution in [0.25, 0.3) is 0 Å². The molecule has 0 aliphatic heterocycles. The van der Waals surface area contributed by atoms with Crippen LogP contribution in [0.2, 0.25) is 0 Å². The first kappa shape index (κ1) is 7.88. The van der Waals surface area contributed by atoms with Crippen LogP contribution in [-0.2, 0) is 0 Å². The Morgan fingerprint density at radius 1 is 1.27 bits per heavy atom. The lowest BCUT2D eigenvalue weighted by molar-refractivity contribution is 0.863. The van der Waals surface area contributed by atoms with Gasteiger partial charge in [0.05, 0.1) is 0 Å². The molecule has 1 aromatic carbocycles. The van der Waals surface area contributed by atoms with Crippen molar-refractivity contribution < 1.29 is 0 Å². The van der Waals surface area contributed by atoms with Gasteiger partial charge in [0.25, 0.3) is 0 Å². The van der Waals surface area contributed by atoms with Gasteiger partial charge in [-0.2, -0.15) is 0 Å². The van der Waals surface area contributed by atoms with Crippen LogP contribution in [0.3, 0.4) is 0 Å². The molecule has 0 heteroatoms. The van der Waals surface area contributed by atoms with Crippen molar-refractivity contribution >= 4 is 0 Å². The number of hydrogen-bond acceptors (Lipinski definition) is 0. The third-order valence-corrected chi connectivity index (χ3v) is 1.72. The summed E-state index contributed by atoms with van der Waals surface area (Å²) in [5, 5.41) is 0. The van der Waals surface area contributed by atoms with Crippen LogP contribution in [-0.4, -0.2) is 0 Å². The van der Waals surface area contributed by atoms with Crippen LogP contribution >= 0.6 is 0 Å². The first-order valence-electron chi connectivity index (χ1n) is 3.77.